The van der Waals surface area contributed by atoms with Crippen molar-refractivity contribution < 1.29 is 23.1 Å². The van der Waals surface area contributed by atoms with E-state index in [0.717, 1.165) is 23.7 Å². The second kappa shape index (κ2) is 10.3. The van der Waals surface area contributed by atoms with Gasteiger partial charge in [-0.15, -0.1) is 11.3 Å². The van der Waals surface area contributed by atoms with Crippen LogP contribution in [0.3, 0.4) is 0 Å². The fourth-order valence-corrected chi connectivity index (χ4v) is 6.56. The standard InChI is InChI=1S/C29H34F3N5O2S/c1-18-33-23(15-40-18)35-26(39)34-20-7-5-6-8-21(20)37-17-28(11-13-36(14-12-28)16-27(2,3)4)24-19(29(30,31)32)9-10-22(38)25(24)37/h5-10,15,38H,11-14,16-17H2,1-4H3,(H2,34,35,39). The Kier molecular flexibility index (Phi) is 7.24. The Morgan fingerprint density at radius 1 is 1.10 bits per heavy atom. The van der Waals surface area contributed by atoms with Gasteiger partial charge in [0, 0.05) is 23.9 Å². The van der Waals surface area contributed by atoms with E-state index in [2.05, 4.69) is 41.3 Å². The number of fused-ring (bicyclic) bond motifs is 2. The highest BCUT2D eigenvalue weighted by Gasteiger charge is 2.52. The number of rotatable bonds is 4. The average molecular weight is 574 g/mol. The van der Waals surface area contributed by atoms with Crippen molar-refractivity contribution in [3.05, 3.63) is 57.9 Å². The van der Waals surface area contributed by atoms with Gasteiger partial charge in [-0.3, -0.25) is 5.32 Å². The molecule has 0 bridgehead atoms. The molecule has 3 N–H and O–H groups in total. The van der Waals surface area contributed by atoms with Crippen molar-refractivity contribution in [2.24, 2.45) is 5.41 Å². The molecule has 1 saturated heterocycles. The Balaban J connectivity index is 1.52. The number of halogens is 3. The molecule has 2 aromatic carbocycles. The lowest BCUT2D eigenvalue weighted by Gasteiger charge is -2.42. The summed E-state index contributed by atoms with van der Waals surface area (Å²) in [5, 5.41) is 19.1. The summed E-state index contributed by atoms with van der Waals surface area (Å²) in [6, 6.07) is 8.56. The van der Waals surface area contributed by atoms with E-state index >= 15 is 0 Å². The predicted octanol–water partition coefficient (Wildman–Crippen LogP) is 7.35. The molecule has 0 unspecified atom stereocenters. The van der Waals surface area contributed by atoms with Crippen LogP contribution in [-0.4, -0.2) is 47.2 Å². The van der Waals surface area contributed by atoms with Crippen LogP contribution in [0, 0.1) is 12.3 Å². The van der Waals surface area contributed by atoms with Gasteiger partial charge < -0.3 is 20.2 Å². The molecule has 0 atom stereocenters. The van der Waals surface area contributed by atoms with E-state index in [0.29, 0.717) is 43.1 Å². The number of piperidine rings is 1. The molecule has 1 spiro atoms. The topological polar surface area (TPSA) is 80.7 Å². The van der Waals surface area contributed by atoms with Gasteiger partial charge >= 0.3 is 12.2 Å². The molecule has 2 aliphatic heterocycles. The highest BCUT2D eigenvalue weighted by atomic mass is 32.1. The lowest BCUT2D eigenvalue weighted by molar-refractivity contribution is -0.138. The van der Waals surface area contributed by atoms with E-state index in [1.54, 1.807) is 34.5 Å². The summed E-state index contributed by atoms with van der Waals surface area (Å²) in [5.41, 5.74) is -0.220. The number of carbonyl (C=O) groups is 1. The summed E-state index contributed by atoms with van der Waals surface area (Å²) in [4.78, 5) is 21.1. The lowest BCUT2D eigenvalue weighted by atomic mass is 9.72. The SMILES string of the molecule is Cc1nc(NC(=O)Nc2ccccc2N2CC3(CCN(CC(C)(C)C)CC3)c3c(C(F)(F)F)ccc(O)c32)cs1. The lowest BCUT2D eigenvalue weighted by Crippen LogP contribution is -2.47. The fraction of sp³-hybridized carbons (Fsp3) is 0.448. The number of phenolic OH excluding ortho intramolecular Hbond substituents is 1. The summed E-state index contributed by atoms with van der Waals surface area (Å²) >= 11 is 1.40. The molecule has 0 saturated carbocycles. The maximum absolute atomic E-state index is 14.4. The summed E-state index contributed by atoms with van der Waals surface area (Å²) in [6.07, 6.45) is -3.52. The van der Waals surface area contributed by atoms with Crippen molar-refractivity contribution in [2.45, 2.75) is 52.1 Å². The molecule has 1 aromatic heterocycles. The molecule has 40 heavy (non-hydrogen) atoms. The van der Waals surface area contributed by atoms with Crippen molar-refractivity contribution in [3.63, 3.8) is 0 Å². The second-order valence-corrected chi connectivity index (χ2v) is 13.0. The van der Waals surface area contributed by atoms with Crippen molar-refractivity contribution >= 4 is 40.2 Å². The van der Waals surface area contributed by atoms with Crippen molar-refractivity contribution in [2.75, 3.05) is 41.7 Å². The maximum Gasteiger partial charge on any atom is 0.416 e. The summed E-state index contributed by atoms with van der Waals surface area (Å²) in [7, 11) is 0. The van der Waals surface area contributed by atoms with Gasteiger partial charge in [0.15, 0.2) is 0 Å². The first-order valence-electron chi connectivity index (χ1n) is 13.3. The number of benzene rings is 2. The van der Waals surface area contributed by atoms with E-state index < -0.39 is 23.2 Å². The first-order chi connectivity index (χ1) is 18.8. The van der Waals surface area contributed by atoms with Crippen molar-refractivity contribution in [3.8, 4) is 5.75 Å². The minimum Gasteiger partial charge on any atom is -0.506 e. The Morgan fingerprint density at radius 2 is 1.80 bits per heavy atom. The third-order valence-electron chi connectivity index (χ3n) is 7.54. The molecular formula is C29H34F3N5O2S. The highest BCUT2D eigenvalue weighted by Crippen LogP contribution is 2.57. The fourth-order valence-electron chi connectivity index (χ4n) is 6.02. The monoisotopic (exact) mass is 573 g/mol. The number of phenols is 1. The number of hydrogen-bond acceptors (Lipinski definition) is 6. The van der Waals surface area contributed by atoms with E-state index in [4.69, 9.17) is 0 Å². The second-order valence-electron chi connectivity index (χ2n) is 11.9. The predicted molar refractivity (Wildman–Crippen MR) is 153 cm³/mol. The van der Waals surface area contributed by atoms with Crippen LogP contribution in [0.25, 0.3) is 0 Å². The minimum atomic E-state index is -4.58. The van der Waals surface area contributed by atoms with Crippen molar-refractivity contribution in [1.29, 1.82) is 0 Å². The molecule has 2 aliphatic rings. The van der Waals surface area contributed by atoms with Crippen molar-refractivity contribution in [1.82, 2.24) is 9.88 Å². The zero-order valence-electron chi connectivity index (χ0n) is 23.0. The van der Waals surface area contributed by atoms with E-state index in [-0.39, 0.29) is 29.0 Å². The van der Waals surface area contributed by atoms with Gasteiger partial charge in [-0.05, 0) is 68.1 Å². The zero-order valence-corrected chi connectivity index (χ0v) is 23.8. The number of amides is 2. The highest BCUT2D eigenvalue weighted by molar-refractivity contribution is 7.09. The van der Waals surface area contributed by atoms with Crippen LogP contribution < -0.4 is 15.5 Å². The van der Waals surface area contributed by atoms with Gasteiger partial charge in [-0.2, -0.15) is 13.2 Å². The molecule has 3 heterocycles. The summed E-state index contributed by atoms with van der Waals surface area (Å²) in [5.74, 6) is 0.201. The van der Waals surface area contributed by atoms with Crippen LogP contribution in [0.4, 0.5) is 40.8 Å². The average Bonchev–Trinajstić information content (AvgIpc) is 3.41. The molecule has 1 fully saturated rings. The number of aromatic nitrogens is 1. The van der Waals surface area contributed by atoms with Gasteiger partial charge in [-0.1, -0.05) is 32.9 Å². The minimum absolute atomic E-state index is 0.0714. The van der Waals surface area contributed by atoms with E-state index in [1.807, 2.05) is 6.92 Å². The van der Waals surface area contributed by atoms with Gasteiger partial charge in [-0.25, -0.2) is 9.78 Å². The number of urea groups is 1. The van der Waals surface area contributed by atoms with E-state index in [1.165, 1.54) is 11.3 Å². The number of alkyl halides is 3. The van der Waals surface area contributed by atoms with Gasteiger partial charge in [0.1, 0.15) is 11.6 Å². The van der Waals surface area contributed by atoms with Crippen LogP contribution in [0.15, 0.2) is 41.8 Å². The number of carbonyl (C=O) groups excluding carboxylic acids is 1. The van der Waals surface area contributed by atoms with Gasteiger partial charge in [0.2, 0.25) is 0 Å². The Morgan fingerprint density at radius 3 is 2.42 bits per heavy atom. The largest absolute Gasteiger partial charge is 0.506 e. The number of hydrogen-bond donors (Lipinski definition) is 3. The van der Waals surface area contributed by atoms with Gasteiger partial charge in [0.25, 0.3) is 0 Å². The first-order valence-corrected chi connectivity index (χ1v) is 14.2. The Bertz CT molecular complexity index is 1410. The molecule has 214 valence electrons. The maximum atomic E-state index is 14.4. The van der Waals surface area contributed by atoms with Crippen LogP contribution in [0.1, 0.15) is 49.7 Å². The molecular weight excluding hydrogens is 539 g/mol. The molecule has 7 nitrogen and oxygen atoms in total. The molecule has 2 amide bonds. The third-order valence-corrected chi connectivity index (χ3v) is 8.31. The van der Waals surface area contributed by atoms with Crippen LogP contribution in [0.5, 0.6) is 5.75 Å². The van der Waals surface area contributed by atoms with Crippen LogP contribution in [0.2, 0.25) is 0 Å². The number of thiazole rings is 1. The number of nitrogens with one attached hydrogen (secondary N) is 2. The van der Waals surface area contributed by atoms with Crippen LogP contribution >= 0.6 is 11.3 Å². The Labute approximate surface area is 236 Å². The smallest absolute Gasteiger partial charge is 0.416 e. The summed E-state index contributed by atoms with van der Waals surface area (Å²) in [6.45, 7) is 10.7. The molecule has 5 rings (SSSR count). The number of anilines is 4. The molecule has 3 aromatic rings. The molecule has 11 heteroatoms. The normalized spacial score (nSPS) is 17.2. The number of aryl methyl sites for hydroxylation is 1. The zero-order chi connectivity index (χ0) is 28.9. The molecule has 0 radical (unpaired) electrons. The number of nitrogens with zero attached hydrogens (tertiary/aromatic N) is 3. The van der Waals surface area contributed by atoms with E-state index in [9.17, 15) is 23.1 Å². The van der Waals surface area contributed by atoms with Crippen LogP contribution in [-0.2, 0) is 11.6 Å². The third kappa shape index (κ3) is 5.62. The summed E-state index contributed by atoms with van der Waals surface area (Å²) < 4.78 is 43.3. The number of para-hydroxylation sites is 2. The quantitative estimate of drug-likeness (QED) is 0.304. The first kappa shape index (κ1) is 28.2. The number of likely N-dealkylation sites (tertiary alicyclic amines) is 1. The number of aromatic hydroxyl groups is 1. The van der Waals surface area contributed by atoms with Gasteiger partial charge in [0.05, 0.1) is 27.6 Å². The molecule has 0 aliphatic carbocycles. The Hall–Kier alpha value is -3.31.